The van der Waals surface area contributed by atoms with E-state index in [-0.39, 0.29) is 11.8 Å². The molecule has 1 N–H and O–H groups in total. The molecule has 0 aliphatic carbocycles. The van der Waals surface area contributed by atoms with Crippen molar-refractivity contribution in [2.75, 3.05) is 23.3 Å². The highest BCUT2D eigenvalue weighted by atomic mass is 19.4. The van der Waals surface area contributed by atoms with Gasteiger partial charge < -0.3 is 10.2 Å². The minimum atomic E-state index is -4.40. The largest absolute Gasteiger partial charge is 0.417 e. The number of nitrogens with zero attached hydrogens (tertiary/aromatic N) is 4. The van der Waals surface area contributed by atoms with Gasteiger partial charge in [-0.2, -0.15) is 18.3 Å². The average molecular weight is 443 g/mol. The molecule has 0 radical (unpaired) electrons. The van der Waals surface area contributed by atoms with Crippen LogP contribution in [0.5, 0.6) is 0 Å². The van der Waals surface area contributed by atoms with Crippen LogP contribution in [0.3, 0.4) is 0 Å². The minimum absolute atomic E-state index is 0.0701. The number of aryl methyl sites for hydroxylation is 1. The first kappa shape index (κ1) is 21.9. The quantitative estimate of drug-likeness (QED) is 0.630. The van der Waals surface area contributed by atoms with Gasteiger partial charge in [0, 0.05) is 31.3 Å². The molecule has 2 aromatic heterocycles. The molecular weight excluding hydrogens is 419 g/mol. The number of nitrogens with one attached hydrogen (secondary N) is 1. The lowest BCUT2D eigenvalue weighted by Gasteiger charge is -2.32. The molecule has 1 aliphatic rings. The van der Waals surface area contributed by atoms with Gasteiger partial charge in [-0.1, -0.05) is 30.3 Å². The number of pyridine rings is 1. The summed E-state index contributed by atoms with van der Waals surface area (Å²) in [6.07, 6.45) is -2.35. The molecular formula is C23H24F3N5O. The molecule has 1 amide bonds. The number of alkyl halides is 3. The number of piperidine rings is 1. The van der Waals surface area contributed by atoms with Crippen molar-refractivity contribution < 1.29 is 18.0 Å². The van der Waals surface area contributed by atoms with Gasteiger partial charge >= 0.3 is 6.18 Å². The second-order valence-corrected chi connectivity index (χ2v) is 7.97. The normalized spacial score (nSPS) is 15.1. The molecule has 0 saturated carbocycles. The molecule has 0 bridgehead atoms. The molecule has 0 spiro atoms. The Bertz CT molecular complexity index is 1060. The zero-order chi connectivity index (χ0) is 22.7. The zero-order valence-corrected chi connectivity index (χ0v) is 17.6. The molecule has 168 valence electrons. The lowest BCUT2D eigenvalue weighted by Crippen LogP contribution is -2.38. The number of carbonyl (C=O) groups is 1. The van der Waals surface area contributed by atoms with Crippen LogP contribution in [0.25, 0.3) is 0 Å². The molecule has 0 atom stereocenters. The van der Waals surface area contributed by atoms with Crippen LogP contribution in [0.1, 0.15) is 29.7 Å². The number of amides is 1. The lowest BCUT2D eigenvalue weighted by atomic mass is 9.96. The zero-order valence-electron chi connectivity index (χ0n) is 17.6. The SMILES string of the molecule is Cc1cc(NC(=O)C2CCN(c3ccc(C(F)(F)F)cn3)CC2)n(Cc2ccccc2)n1. The van der Waals surface area contributed by atoms with Crippen LogP contribution < -0.4 is 10.2 Å². The van der Waals surface area contributed by atoms with Gasteiger partial charge in [-0.3, -0.25) is 4.79 Å². The van der Waals surface area contributed by atoms with Crippen molar-refractivity contribution >= 4 is 17.5 Å². The lowest BCUT2D eigenvalue weighted by molar-refractivity contribution is -0.137. The molecule has 1 fully saturated rings. The second-order valence-electron chi connectivity index (χ2n) is 7.97. The topological polar surface area (TPSA) is 63.1 Å². The molecule has 32 heavy (non-hydrogen) atoms. The summed E-state index contributed by atoms with van der Waals surface area (Å²) >= 11 is 0. The maximum atomic E-state index is 12.9. The molecule has 1 aliphatic heterocycles. The molecule has 6 nitrogen and oxygen atoms in total. The molecule has 1 aromatic carbocycles. The fourth-order valence-electron chi connectivity index (χ4n) is 3.86. The van der Waals surface area contributed by atoms with Crippen molar-refractivity contribution in [2.24, 2.45) is 5.92 Å². The Morgan fingerprint density at radius 3 is 2.47 bits per heavy atom. The third-order valence-electron chi connectivity index (χ3n) is 5.59. The third kappa shape index (κ3) is 5.09. The van der Waals surface area contributed by atoms with Crippen molar-refractivity contribution in [1.29, 1.82) is 0 Å². The van der Waals surface area contributed by atoms with Crippen LogP contribution in [-0.4, -0.2) is 33.8 Å². The van der Waals surface area contributed by atoms with Gasteiger partial charge in [0.15, 0.2) is 0 Å². The Hall–Kier alpha value is -3.36. The first-order valence-corrected chi connectivity index (χ1v) is 10.5. The highest BCUT2D eigenvalue weighted by Crippen LogP contribution is 2.30. The average Bonchev–Trinajstić information content (AvgIpc) is 3.12. The molecule has 1 saturated heterocycles. The van der Waals surface area contributed by atoms with Crippen LogP contribution in [0.2, 0.25) is 0 Å². The van der Waals surface area contributed by atoms with Gasteiger partial charge in [0.1, 0.15) is 11.6 Å². The monoisotopic (exact) mass is 443 g/mol. The molecule has 0 unspecified atom stereocenters. The summed E-state index contributed by atoms with van der Waals surface area (Å²) in [5.74, 6) is 0.900. The Balaban J connectivity index is 1.35. The maximum Gasteiger partial charge on any atom is 0.417 e. The smallest absolute Gasteiger partial charge is 0.357 e. The number of hydrogen-bond donors (Lipinski definition) is 1. The number of anilines is 2. The van der Waals surface area contributed by atoms with Crippen LogP contribution in [-0.2, 0) is 17.5 Å². The van der Waals surface area contributed by atoms with E-state index in [0.29, 0.717) is 44.1 Å². The Morgan fingerprint density at radius 2 is 1.84 bits per heavy atom. The first-order valence-electron chi connectivity index (χ1n) is 10.5. The van der Waals surface area contributed by atoms with Gasteiger partial charge in [0.25, 0.3) is 0 Å². The van der Waals surface area contributed by atoms with Crippen LogP contribution in [0.15, 0.2) is 54.7 Å². The van der Waals surface area contributed by atoms with Crippen molar-refractivity contribution in [3.05, 3.63) is 71.5 Å². The van der Waals surface area contributed by atoms with Gasteiger partial charge in [0.2, 0.25) is 5.91 Å². The fourth-order valence-corrected chi connectivity index (χ4v) is 3.86. The molecule has 4 rings (SSSR count). The van der Waals surface area contributed by atoms with E-state index in [9.17, 15) is 18.0 Å². The Labute approximate surface area is 184 Å². The van der Waals surface area contributed by atoms with Crippen LogP contribution >= 0.6 is 0 Å². The highest BCUT2D eigenvalue weighted by molar-refractivity contribution is 5.92. The molecule has 9 heteroatoms. The van der Waals surface area contributed by atoms with Crippen LogP contribution in [0, 0.1) is 12.8 Å². The number of carbonyl (C=O) groups excluding carboxylic acids is 1. The van der Waals surface area contributed by atoms with Crippen molar-refractivity contribution in [1.82, 2.24) is 14.8 Å². The minimum Gasteiger partial charge on any atom is -0.357 e. The molecule has 3 aromatic rings. The fraction of sp³-hybridized carbons (Fsp3) is 0.348. The van der Waals surface area contributed by atoms with Gasteiger partial charge in [-0.25, -0.2) is 9.67 Å². The summed E-state index contributed by atoms with van der Waals surface area (Å²) in [6.45, 7) is 3.55. The summed E-state index contributed by atoms with van der Waals surface area (Å²) in [4.78, 5) is 18.7. The summed E-state index contributed by atoms with van der Waals surface area (Å²) < 4.78 is 40.0. The van der Waals surface area contributed by atoms with Crippen molar-refractivity contribution in [3.63, 3.8) is 0 Å². The van der Waals surface area contributed by atoms with Crippen LogP contribution in [0.4, 0.5) is 24.8 Å². The number of halogens is 3. The second kappa shape index (κ2) is 9.02. The van der Waals surface area contributed by atoms with Crippen molar-refractivity contribution in [2.45, 2.75) is 32.5 Å². The van der Waals surface area contributed by atoms with Gasteiger partial charge in [0.05, 0.1) is 17.8 Å². The van der Waals surface area contributed by atoms with E-state index in [1.165, 1.54) is 6.07 Å². The van der Waals surface area contributed by atoms with Gasteiger partial charge in [-0.05, 0) is 37.5 Å². The van der Waals surface area contributed by atoms with Crippen molar-refractivity contribution in [3.8, 4) is 0 Å². The number of rotatable bonds is 5. The highest BCUT2D eigenvalue weighted by Gasteiger charge is 2.31. The standard InChI is InChI=1S/C23H24F3N5O/c1-16-13-21(31(29-16)15-17-5-3-2-4-6-17)28-22(32)18-9-11-30(12-10-18)20-8-7-19(14-27-20)23(24,25)26/h2-8,13-14,18H,9-12,15H2,1H3,(H,28,32). The van der Waals surface area contributed by atoms with E-state index in [2.05, 4.69) is 15.4 Å². The first-order chi connectivity index (χ1) is 15.3. The molecule has 3 heterocycles. The van der Waals surface area contributed by atoms with Gasteiger partial charge in [-0.15, -0.1) is 0 Å². The summed E-state index contributed by atoms with van der Waals surface area (Å²) in [5.41, 5.74) is 1.14. The summed E-state index contributed by atoms with van der Waals surface area (Å²) in [7, 11) is 0. The third-order valence-corrected chi connectivity index (χ3v) is 5.59. The predicted molar refractivity (Wildman–Crippen MR) is 115 cm³/mol. The van der Waals surface area contributed by atoms with E-state index >= 15 is 0 Å². The van der Waals surface area contributed by atoms with E-state index in [4.69, 9.17) is 0 Å². The maximum absolute atomic E-state index is 12.9. The predicted octanol–water partition coefficient (Wildman–Crippen LogP) is 4.51. The summed E-state index contributed by atoms with van der Waals surface area (Å²) in [6, 6.07) is 14.2. The van der Waals surface area contributed by atoms with E-state index < -0.39 is 11.7 Å². The number of hydrogen-bond acceptors (Lipinski definition) is 4. The van der Waals surface area contributed by atoms with E-state index in [1.807, 2.05) is 48.2 Å². The number of benzene rings is 1. The summed E-state index contributed by atoms with van der Waals surface area (Å²) in [5, 5.41) is 7.49. The van der Waals surface area contributed by atoms with E-state index in [0.717, 1.165) is 23.5 Å². The van der Waals surface area contributed by atoms with E-state index in [1.54, 1.807) is 4.68 Å². The Morgan fingerprint density at radius 1 is 1.12 bits per heavy atom. The number of aromatic nitrogens is 3. The Kier molecular flexibility index (Phi) is 6.16.